The molecule has 2 rings (SSSR count). The van der Waals surface area contributed by atoms with Crippen LogP contribution in [0.5, 0.6) is 0 Å². The Hall–Kier alpha value is -0.730. The minimum absolute atomic E-state index is 0.265. The standard InChI is InChI=1S/C13H18ClNO/c1-9-4-5-13(12(14)6-9)15-7-10(2)16-11(3)8-15/h4-6,10-11H,7-8H2,1-3H3. The first-order valence-electron chi connectivity index (χ1n) is 5.73. The molecule has 1 saturated heterocycles. The Morgan fingerprint density at radius 1 is 1.25 bits per heavy atom. The Balaban J connectivity index is 2.23. The number of benzene rings is 1. The van der Waals surface area contributed by atoms with Gasteiger partial charge in [0.1, 0.15) is 0 Å². The number of halogens is 1. The lowest BCUT2D eigenvalue weighted by Gasteiger charge is -2.37. The van der Waals surface area contributed by atoms with Gasteiger partial charge in [-0.1, -0.05) is 17.7 Å². The molecule has 1 heterocycles. The van der Waals surface area contributed by atoms with E-state index in [1.54, 1.807) is 0 Å². The van der Waals surface area contributed by atoms with Gasteiger partial charge in [-0.2, -0.15) is 0 Å². The van der Waals surface area contributed by atoms with E-state index in [-0.39, 0.29) is 12.2 Å². The molecule has 0 bridgehead atoms. The zero-order valence-electron chi connectivity index (χ0n) is 10.0. The summed E-state index contributed by atoms with van der Waals surface area (Å²) < 4.78 is 5.72. The van der Waals surface area contributed by atoms with Crippen molar-refractivity contribution in [2.45, 2.75) is 33.0 Å². The lowest BCUT2D eigenvalue weighted by molar-refractivity contribution is -0.00520. The van der Waals surface area contributed by atoms with Gasteiger partial charge in [0.15, 0.2) is 0 Å². The Labute approximate surface area is 102 Å². The molecule has 16 heavy (non-hydrogen) atoms. The molecule has 0 spiro atoms. The van der Waals surface area contributed by atoms with Crippen LogP contribution in [0.25, 0.3) is 0 Å². The third-order valence-corrected chi connectivity index (χ3v) is 3.17. The van der Waals surface area contributed by atoms with Crippen molar-refractivity contribution in [3.8, 4) is 0 Å². The Bertz CT molecular complexity index is 370. The highest BCUT2D eigenvalue weighted by Gasteiger charge is 2.23. The molecule has 0 amide bonds. The molecule has 1 aliphatic rings. The smallest absolute Gasteiger partial charge is 0.0726 e. The molecule has 0 aliphatic carbocycles. The summed E-state index contributed by atoms with van der Waals surface area (Å²) in [6, 6.07) is 6.22. The fourth-order valence-electron chi connectivity index (χ4n) is 2.24. The number of morpholine rings is 1. The Kier molecular flexibility index (Phi) is 3.41. The molecular weight excluding hydrogens is 222 g/mol. The fourth-order valence-corrected chi connectivity index (χ4v) is 2.60. The monoisotopic (exact) mass is 239 g/mol. The van der Waals surface area contributed by atoms with E-state index in [4.69, 9.17) is 16.3 Å². The zero-order chi connectivity index (χ0) is 11.7. The molecule has 3 heteroatoms. The summed E-state index contributed by atoms with van der Waals surface area (Å²) in [6.45, 7) is 8.08. The van der Waals surface area contributed by atoms with Crippen molar-refractivity contribution in [1.82, 2.24) is 0 Å². The van der Waals surface area contributed by atoms with Gasteiger partial charge in [0.05, 0.1) is 22.9 Å². The van der Waals surface area contributed by atoms with E-state index < -0.39 is 0 Å². The minimum Gasteiger partial charge on any atom is -0.372 e. The van der Waals surface area contributed by atoms with Crippen LogP contribution in [0.3, 0.4) is 0 Å². The van der Waals surface area contributed by atoms with Crippen LogP contribution >= 0.6 is 11.6 Å². The molecule has 88 valence electrons. The maximum Gasteiger partial charge on any atom is 0.0726 e. The van der Waals surface area contributed by atoms with Crippen molar-refractivity contribution < 1.29 is 4.74 Å². The Morgan fingerprint density at radius 3 is 2.44 bits per heavy atom. The van der Waals surface area contributed by atoms with Crippen LogP contribution in [0.1, 0.15) is 19.4 Å². The molecule has 1 aromatic rings. The van der Waals surface area contributed by atoms with Crippen molar-refractivity contribution in [3.05, 3.63) is 28.8 Å². The molecule has 2 atom stereocenters. The third-order valence-electron chi connectivity index (χ3n) is 2.86. The summed E-state index contributed by atoms with van der Waals surface area (Å²) in [5.41, 5.74) is 2.32. The van der Waals surface area contributed by atoms with Crippen LogP contribution in [0.2, 0.25) is 5.02 Å². The lowest BCUT2D eigenvalue weighted by Crippen LogP contribution is -2.45. The van der Waals surface area contributed by atoms with Gasteiger partial charge in [-0.25, -0.2) is 0 Å². The number of rotatable bonds is 1. The van der Waals surface area contributed by atoms with E-state index in [2.05, 4.69) is 37.8 Å². The molecule has 0 saturated carbocycles. The van der Waals surface area contributed by atoms with E-state index >= 15 is 0 Å². The van der Waals surface area contributed by atoms with E-state index in [9.17, 15) is 0 Å². The molecule has 2 nitrogen and oxygen atoms in total. The van der Waals surface area contributed by atoms with Crippen LogP contribution in [0.15, 0.2) is 18.2 Å². The number of hydrogen-bond acceptors (Lipinski definition) is 2. The van der Waals surface area contributed by atoms with E-state index in [1.807, 2.05) is 6.07 Å². The second kappa shape index (κ2) is 4.64. The first-order chi connectivity index (χ1) is 7.56. The molecule has 1 fully saturated rings. The predicted octanol–water partition coefficient (Wildman–Crippen LogP) is 3.26. The molecule has 1 aromatic carbocycles. The number of aryl methyl sites for hydroxylation is 1. The van der Waals surface area contributed by atoms with Gasteiger partial charge in [0.25, 0.3) is 0 Å². The SMILES string of the molecule is Cc1ccc(N2CC(C)OC(C)C2)c(Cl)c1. The number of ether oxygens (including phenoxy) is 1. The summed E-state index contributed by atoms with van der Waals surface area (Å²) in [5, 5.41) is 0.835. The molecule has 0 radical (unpaired) electrons. The molecule has 0 aromatic heterocycles. The van der Waals surface area contributed by atoms with Crippen LogP contribution in [-0.4, -0.2) is 25.3 Å². The summed E-state index contributed by atoms with van der Waals surface area (Å²) in [4.78, 5) is 2.31. The number of anilines is 1. The average Bonchev–Trinajstić information content (AvgIpc) is 2.15. The summed E-state index contributed by atoms with van der Waals surface area (Å²) in [5.74, 6) is 0. The highest BCUT2D eigenvalue weighted by molar-refractivity contribution is 6.33. The lowest BCUT2D eigenvalue weighted by atomic mass is 10.1. The van der Waals surface area contributed by atoms with Crippen LogP contribution in [0.4, 0.5) is 5.69 Å². The highest BCUT2D eigenvalue weighted by atomic mass is 35.5. The summed E-state index contributed by atoms with van der Waals surface area (Å²) >= 11 is 6.28. The first-order valence-corrected chi connectivity index (χ1v) is 6.10. The summed E-state index contributed by atoms with van der Waals surface area (Å²) in [7, 11) is 0. The Morgan fingerprint density at radius 2 is 1.88 bits per heavy atom. The van der Waals surface area contributed by atoms with E-state index in [0.717, 1.165) is 23.8 Å². The predicted molar refractivity (Wildman–Crippen MR) is 68.4 cm³/mol. The van der Waals surface area contributed by atoms with Gasteiger partial charge in [-0.3, -0.25) is 0 Å². The zero-order valence-corrected chi connectivity index (χ0v) is 10.8. The quantitative estimate of drug-likeness (QED) is 0.746. The van der Waals surface area contributed by atoms with Gasteiger partial charge in [0.2, 0.25) is 0 Å². The second-order valence-electron chi connectivity index (χ2n) is 4.62. The number of nitrogens with zero attached hydrogens (tertiary/aromatic N) is 1. The topological polar surface area (TPSA) is 12.5 Å². The van der Waals surface area contributed by atoms with E-state index in [0.29, 0.717) is 0 Å². The molecule has 2 unspecified atom stereocenters. The molecule has 1 aliphatic heterocycles. The van der Waals surface area contributed by atoms with Crippen molar-refractivity contribution in [2.24, 2.45) is 0 Å². The van der Waals surface area contributed by atoms with Crippen molar-refractivity contribution in [2.75, 3.05) is 18.0 Å². The third kappa shape index (κ3) is 2.50. The largest absolute Gasteiger partial charge is 0.372 e. The van der Waals surface area contributed by atoms with Crippen LogP contribution in [-0.2, 0) is 4.74 Å². The minimum atomic E-state index is 0.265. The van der Waals surface area contributed by atoms with Gasteiger partial charge in [-0.05, 0) is 38.5 Å². The average molecular weight is 240 g/mol. The maximum atomic E-state index is 6.28. The van der Waals surface area contributed by atoms with Crippen molar-refractivity contribution >= 4 is 17.3 Å². The number of hydrogen-bond donors (Lipinski definition) is 0. The second-order valence-corrected chi connectivity index (χ2v) is 5.02. The summed E-state index contributed by atoms with van der Waals surface area (Å²) in [6.07, 6.45) is 0.530. The van der Waals surface area contributed by atoms with Crippen LogP contribution < -0.4 is 4.90 Å². The van der Waals surface area contributed by atoms with E-state index in [1.165, 1.54) is 5.56 Å². The first kappa shape index (κ1) is 11.7. The molecule has 0 N–H and O–H groups in total. The van der Waals surface area contributed by atoms with Gasteiger partial charge in [-0.15, -0.1) is 0 Å². The van der Waals surface area contributed by atoms with Gasteiger partial charge >= 0.3 is 0 Å². The fraction of sp³-hybridized carbons (Fsp3) is 0.538. The van der Waals surface area contributed by atoms with Crippen LogP contribution in [0, 0.1) is 6.92 Å². The van der Waals surface area contributed by atoms with Crippen molar-refractivity contribution in [1.29, 1.82) is 0 Å². The molecular formula is C13H18ClNO. The maximum absolute atomic E-state index is 6.28. The highest BCUT2D eigenvalue weighted by Crippen LogP contribution is 2.29. The van der Waals surface area contributed by atoms with Crippen molar-refractivity contribution in [3.63, 3.8) is 0 Å². The van der Waals surface area contributed by atoms with Gasteiger partial charge in [0, 0.05) is 13.1 Å². The normalized spacial score (nSPS) is 25.9. The van der Waals surface area contributed by atoms with Gasteiger partial charge < -0.3 is 9.64 Å².